The molecular formula is C3H11NS. The maximum atomic E-state index is 5.11. The Morgan fingerprint density at radius 1 is 1.40 bits per heavy atom. The van der Waals surface area contributed by atoms with Crippen LogP contribution in [-0.4, -0.2) is 6.04 Å². The Morgan fingerprint density at radius 2 is 1.40 bits per heavy atom. The van der Waals surface area contributed by atoms with Crippen LogP contribution < -0.4 is 5.73 Å². The first kappa shape index (κ1) is 9.00. The Kier molecular flexibility index (Phi) is 7.76. The third-order valence-corrected chi connectivity index (χ3v) is 0. The summed E-state index contributed by atoms with van der Waals surface area (Å²) in [5.74, 6) is 0. The van der Waals surface area contributed by atoms with Crippen molar-refractivity contribution in [2.75, 3.05) is 0 Å². The molecule has 0 saturated carbocycles. The zero-order chi connectivity index (χ0) is 3.58. The van der Waals surface area contributed by atoms with E-state index in [1.807, 2.05) is 13.8 Å². The number of nitrogens with two attached hydrogens (primary N) is 1. The molecule has 2 N–H and O–H groups in total. The molecule has 0 aliphatic heterocycles. The van der Waals surface area contributed by atoms with Gasteiger partial charge in [0, 0.05) is 0 Å². The number of hydrogen-bond acceptors (Lipinski definition) is 1. The molecule has 0 aliphatic rings. The topological polar surface area (TPSA) is 26.0 Å². The van der Waals surface area contributed by atoms with Crippen molar-refractivity contribution in [2.24, 2.45) is 5.73 Å². The summed E-state index contributed by atoms with van der Waals surface area (Å²) in [4.78, 5) is 0. The van der Waals surface area contributed by atoms with Gasteiger partial charge in [-0.05, 0) is 6.04 Å². The lowest BCUT2D eigenvalue weighted by Gasteiger charge is -1.81. The summed E-state index contributed by atoms with van der Waals surface area (Å²) in [6, 6.07) is 0.333. The molecule has 0 unspecified atom stereocenters. The lowest BCUT2D eigenvalue weighted by molar-refractivity contribution is 0.834. The predicted molar refractivity (Wildman–Crippen MR) is 29.7 cm³/mol. The summed E-state index contributed by atoms with van der Waals surface area (Å²) in [6.45, 7) is 3.89. The Bertz CT molecular complexity index is 11.6. The Morgan fingerprint density at radius 3 is 1.40 bits per heavy atom. The summed E-state index contributed by atoms with van der Waals surface area (Å²) >= 11 is 0. The van der Waals surface area contributed by atoms with Gasteiger partial charge < -0.3 is 5.73 Å². The highest BCUT2D eigenvalue weighted by molar-refractivity contribution is 7.59. The van der Waals surface area contributed by atoms with Crippen LogP contribution in [-0.2, 0) is 0 Å². The Labute approximate surface area is 40.0 Å². The first-order valence-electron chi connectivity index (χ1n) is 1.49. The zero-order valence-corrected chi connectivity index (χ0v) is 4.65. The second-order valence-electron chi connectivity index (χ2n) is 1.24. The van der Waals surface area contributed by atoms with E-state index in [0.717, 1.165) is 0 Å². The zero-order valence-electron chi connectivity index (χ0n) is 3.65. The van der Waals surface area contributed by atoms with E-state index in [0.29, 0.717) is 6.04 Å². The van der Waals surface area contributed by atoms with Gasteiger partial charge in [0.1, 0.15) is 0 Å². The predicted octanol–water partition coefficient (Wildman–Crippen LogP) is 0.466. The fourth-order valence-electron chi connectivity index (χ4n) is 0. The third-order valence-electron chi connectivity index (χ3n) is 0. The molecule has 0 heterocycles. The standard InChI is InChI=1S/C3H9N.H2S/c1-3(2)4;/h3H,4H2,1-2H3;1H2. The molecule has 0 amide bonds. The molecule has 0 aromatic rings. The summed E-state index contributed by atoms with van der Waals surface area (Å²) in [5, 5.41) is 0. The highest BCUT2D eigenvalue weighted by Crippen LogP contribution is 1.58. The van der Waals surface area contributed by atoms with Crippen LogP contribution in [0.1, 0.15) is 13.8 Å². The van der Waals surface area contributed by atoms with Crippen LogP contribution in [0.4, 0.5) is 0 Å². The SMILES string of the molecule is CC(C)N.S. The first-order valence-corrected chi connectivity index (χ1v) is 1.49. The highest BCUT2D eigenvalue weighted by atomic mass is 32.1. The maximum absolute atomic E-state index is 5.11. The van der Waals surface area contributed by atoms with Crippen molar-refractivity contribution in [2.45, 2.75) is 19.9 Å². The van der Waals surface area contributed by atoms with Crippen LogP contribution in [0.5, 0.6) is 0 Å². The summed E-state index contributed by atoms with van der Waals surface area (Å²) in [6.07, 6.45) is 0. The van der Waals surface area contributed by atoms with Gasteiger partial charge in [0.05, 0.1) is 0 Å². The van der Waals surface area contributed by atoms with Crippen molar-refractivity contribution >= 4 is 13.5 Å². The molecule has 0 fully saturated rings. The largest absolute Gasteiger partial charge is 0.328 e. The summed E-state index contributed by atoms with van der Waals surface area (Å²) in [5.41, 5.74) is 5.11. The summed E-state index contributed by atoms with van der Waals surface area (Å²) < 4.78 is 0. The molecule has 5 heavy (non-hydrogen) atoms. The number of rotatable bonds is 0. The number of hydrogen-bond donors (Lipinski definition) is 1. The van der Waals surface area contributed by atoms with Crippen molar-refractivity contribution in [3.05, 3.63) is 0 Å². The van der Waals surface area contributed by atoms with Gasteiger partial charge in [0.25, 0.3) is 0 Å². The van der Waals surface area contributed by atoms with Gasteiger partial charge in [-0.1, -0.05) is 13.8 Å². The van der Waals surface area contributed by atoms with E-state index in [4.69, 9.17) is 5.73 Å². The minimum Gasteiger partial charge on any atom is -0.328 e. The molecule has 1 nitrogen and oxygen atoms in total. The van der Waals surface area contributed by atoms with Gasteiger partial charge in [-0.2, -0.15) is 13.5 Å². The van der Waals surface area contributed by atoms with E-state index in [-0.39, 0.29) is 13.5 Å². The smallest absolute Gasteiger partial charge is 0.00179 e. The third kappa shape index (κ3) is 239. The fraction of sp³-hybridized carbons (Fsp3) is 1.00. The minimum absolute atomic E-state index is 0. The van der Waals surface area contributed by atoms with Gasteiger partial charge in [0.15, 0.2) is 0 Å². The molecule has 0 aliphatic carbocycles. The van der Waals surface area contributed by atoms with Gasteiger partial charge in [-0.3, -0.25) is 0 Å². The second-order valence-corrected chi connectivity index (χ2v) is 1.24. The lowest BCUT2D eigenvalue weighted by Crippen LogP contribution is -2.06. The van der Waals surface area contributed by atoms with Gasteiger partial charge in [-0.15, -0.1) is 0 Å². The van der Waals surface area contributed by atoms with Crippen LogP contribution in [0.3, 0.4) is 0 Å². The normalized spacial score (nSPS) is 7.20. The highest BCUT2D eigenvalue weighted by Gasteiger charge is 1.67. The molecule has 0 radical (unpaired) electrons. The molecule has 0 spiro atoms. The minimum atomic E-state index is 0. The van der Waals surface area contributed by atoms with E-state index in [9.17, 15) is 0 Å². The summed E-state index contributed by atoms with van der Waals surface area (Å²) in [7, 11) is 0. The Hall–Kier alpha value is 0.310. The van der Waals surface area contributed by atoms with Gasteiger partial charge in [0.2, 0.25) is 0 Å². The molecule has 0 rings (SSSR count). The molecule has 0 saturated heterocycles. The molecular weight excluding hydrogens is 82.1 g/mol. The van der Waals surface area contributed by atoms with Crippen molar-refractivity contribution in [1.29, 1.82) is 0 Å². The Balaban J connectivity index is 0. The molecule has 0 bridgehead atoms. The van der Waals surface area contributed by atoms with Crippen molar-refractivity contribution in [3.63, 3.8) is 0 Å². The maximum Gasteiger partial charge on any atom is -0.00179 e. The van der Waals surface area contributed by atoms with Crippen LogP contribution in [0, 0.1) is 0 Å². The van der Waals surface area contributed by atoms with Crippen LogP contribution in [0.25, 0.3) is 0 Å². The molecule has 0 aromatic heterocycles. The van der Waals surface area contributed by atoms with E-state index in [2.05, 4.69) is 0 Å². The van der Waals surface area contributed by atoms with Crippen molar-refractivity contribution < 1.29 is 0 Å². The van der Waals surface area contributed by atoms with Crippen molar-refractivity contribution in [1.82, 2.24) is 0 Å². The van der Waals surface area contributed by atoms with Gasteiger partial charge >= 0.3 is 0 Å². The molecule has 0 atom stereocenters. The molecule has 0 aromatic carbocycles. The van der Waals surface area contributed by atoms with E-state index in [1.54, 1.807) is 0 Å². The van der Waals surface area contributed by atoms with Crippen LogP contribution >= 0.6 is 13.5 Å². The fourth-order valence-corrected chi connectivity index (χ4v) is 0. The molecule has 2 heteroatoms. The lowest BCUT2D eigenvalue weighted by atomic mass is 10.5. The second kappa shape index (κ2) is 4.31. The quantitative estimate of drug-likeness (QED) is 0.463. The van der Waals surface area contributed by atoms with E-state index in [1.165, 1.54) is 0 Å². The first-order chi connectivity index (χ1) is 1.73. The van der Waals surface area contributed by atoms with E-state index < -0.39 is 0 Å². The van der Waals surface area contributed by atoms with Crippen molar-refractivity contribution in [3.8, 4) is 0 Å². The van der Waals surface area contributed by atoms with Crippen LogP contribution in [0.15, 0.2) is 0 Å². The average molecular weight is 93.2 g/mol. The monoisotopic (exact) mass is 93.1 g/mol. The molecule has 34 valence electrons. The van der Waals surface area contributed by atoms with Gasteiger partial charge in [-0.25, -0.2) is 0 Å². The van der Waals surface area contributed by atoms with E-state index >= 15 is 0 Å². The van der Waals surface area contributed by atoms with Crippen LogP contribution in [0.2, 0.25) is 0 Å². The average Bonchev–Trinajstić information content (AvgIpc) is 0.811.